The fraction of sp³-hybridized carbons (Fsp3) is 1.00. The summed E-state index contributed by atoms with van der Waals surface area (Å²) in [7, 11) is 0. The second kappa shape index (κ2) is 6.58. The zero-order chi connectivity index (χ0) is 8.69. The highest BCUT2D eigenvalue weighted by Gasteiger charge is 2.06. The first-order valence-corrected chi connectivity index (χ1v) is 4.27. The summed E-state index contributed by atoms with van der Waals surface area (Å²) in [5.74, 6) is 0. The molecule has 0 saturated heterocycles. The molecule has 0 aromatic carbocycles. The van der Waals surface area contributed by atoms with Gasteiger partial charge in [-0.05, 0) is 20.3 Å². The average Bonchev–Trinajstić information content (AvgIpc) is 1.97. The third-order valence-corrected chi connectivity index (χ3v) is 1.75. The molecule has 0 bridgehead atoms. The van der Waals surface area contributed by atoms with Crippen LogP contribution in [0.1, 0.15) is 20.3 Å². The van der Waals surface area contributed by atoms with E-state index in [0.29, 0.717) is 12.6 Å². The van der Waals surface area contributed by atoms with Crippen molar-refractivity contribution in [1.82, 2.24) is 4.90 Å². The van der Waals surface area contributed by atoms with Gasteiger partial charge in [-0.2, -0.15) is 0 Å². The van der Waals surface area contributed by atoms with Crippen molar-refractivity contribution in [3.05, 3.63) is 0 Å². The van der Waals surface area contributed by atoms with Crippen LogP contribution in [0.2, 0.25) is 0 Å². The van der Waals surface area contributed by atoms with E-state index in [-0.39, 0.29) is 6.61 Å². The smallest absolute Gasteiger partial charge is 0.0443 e. The van der Waals surface area contributed by atoms with Crippen LogP contribution in [-0.4, -0.2) is 42.3 Å². The van der Waals surface area contributed by atoms with E-state index in [1.54, 1.807) is 0 Å². The maximum Gasteiger partial charge on any atom is 0.0443 e. The lowest BCUT2D eigenvalue weighted by molar-refractivity contribution is 0.196. The van der Waals surface area contributed by atoms with E-state index < -0.39 is 0 Å². The Morgan fingerprint density at radius 3 is 2.36 bits per heavy atom. The summed E-state index contributed by atoms with van der Waals surface area (Å²) in [6.07, 6.45) is 0.845. The van der Waals surface area contributed by atoms with Crippen molar-refractivity contribution in [3.63, 3.8) is 0 Å². The van der Waals surface area contributed by atoms with Gasteiger partial charge in [0.2, 0.25) is 0 Å². The highest BCUT2D eigenvalue weighted by atomic mass is 16.3. The van der Waals surface area contributed by atoms with E-state index in [1.165, 1.54) is 0 Å². The Morgan fingerprint density at radius 2 is 2.00 bits per heavy atom. The zero-order valence-corrected chi connectivity index (χ0v) is 7.58. The van der Waals surface area contributed by atoms with Crippen LogP contribution in [0.25, 0.3) is 0 Å². The molecule has 0 atom stereocenters. The Bertz CT molecular complexity index is 86.2. The first-order valence-electron chi connectivity index (χ1n) is 4.27. The van der Waals surface area contributed by atoms with Gasteiger partial charge in [-0.25, -0.2) is 0 Å². The van der Waals surface area contributed by atoms with Crippen molar-refractivity contribution < 1.29 is 5.11 Å². The van der Waals surface area contributed by atoms with Gasteiger partial charge in [0, 0.05) is 32.3 Å². The molecule has 0 spiro atoms. The normalized spacial score (nSPS) is 11.5. The van der Waals surface area contributed by atoms with Gasteiger partial charge < -0.3 is 10.8 Å². The van der Waals surface area contributed by atoms with Gasteiger partial charge >= 0.3 is 0 Å². The molecule has 0 aliphatic rings. The van der Waals surface area contributed by atoms with Crippen molar-refractivity contribution in [2.24, 2.45) is 5.73 Å². The molecular weight excluding hydrogens is 140 g/mol. The van der Waals surface area contributed by atoms with Crippen LogP contribution in [-0.2, 0) is 0 Å². The van der Waals surface area contributed by atoms with Crippen molar-refractivity contribution in [3.8, 4) is 0 Å². The molecule has 0 aromatic heterocycles. The minimum Gasteiger partial charge on any atom is -0.396 e. The van der Waals surface area contributed by atoms with E-state index in [2.05, 4.69) is 18.7 Å². The molecule has 0 heterocycles. The van der Waals surface area contributed by atoms with Crippen molar-refractivity contribution >= 4 is 0 Å². The molecular formula is C8H20N2O. The predicted octanol–water partition coefficient (Wildman–Crippen LogP) is 0.0379. The number of hydrogen-bond donors (Lipinski definition) is 2. The maximum atomic E-state index is 8.61. The minimum absolute atomic E-state index is 0.272. The number of aliphatic hydroxyl groups is 1. The molecule has 0 aliphatic heterocycles. The fourth-order valence-electron chi connectivity index (χ4n) is 1.07. The number of rotatable bonds is 6. The standard InChI is InChI=1S/C8H20N2O/c1-8(2)10(6-4-9)5-3-7-11/h8,11H,3-7,9H2,1-2H3. The highest BCUT2D eigenvalue weighted by Crippen LogP contribution is 1.97. The summed E-state index contributed by atoms with van der Waals surface area (Å²) in [5, 5.41) is 8.61. The third kappa shape index (κ3) is 5.18. The summed E-state index contributed by atoms with van der Waals surface area (Å²) in [5.41, 5.74) is 5.43. The van der Waals surface area contributed by atoms with Gasteiger partial charge in [0.25, 0.3) is 0 Å². The lowest BCUT2D eigenvalue weighted by atomic mass is 10.3. The van der Waals surface area contributed by atoms with Crippen molar-refractivity contribution in [2.45, 2.75) is 26.3 Å². The molecule has 0 fully saturated rings. The molecule has 0 radical (unpaired) electrons. The van der Waals surface area contributed by atoms with E-state index in [1.807, 2.05) is 0 Å². The van der Waals surface area contributed by atoms with Crippen LogP contribution in [0.5, 0.6) is 0 Å². The third-order valence-electron chi connectivity index (χ3n) is 1.75. The van der Waals surface area contributed by atoms with E-state index in [0.717, 1.165) is 19.5 Å². The quantitative estimate of drug-likeness (QED) is 0.576. The molecule has 0 aromatic rings. The van der Waals surface area contributed by atoms with Gasteiger partial charge in [-0.3, -0.25) is 4.90 Å². The van der Waals surface area contributed by atoms with Crippen LogP contribution < -0.4 is 5.73 Å². The molecule has 3 nitrogen and oxygen atoms in total. The van der Waals surface area contributed by atoms with Crippen LogP contribution in [0.3, 0.4) is 0 Å². The van der Waals surface area contributed by atoms with Crippen LogP contribution in [0, 0.1) is 0 Å². The largest absolute Gasteiger partial charge is 0.396 e. The Balaban J connectivity index is 3.51. The number of hydrogen-bond acceptors (Lipinski definition) is 3. The summed E-state index contributed by atoms with van der Waals surface area (Å²) in [6.45, 7) is 7.14. The average molecular weight is 160 g/mol. The van der Waals surface area contributed by atoms with Crippen LogP contribution in [0.15, 0.2) is 0 Å². The second-order valence-corrected chi connectivity index (χ2v) is 3.00. The summed E-state index contributed by atoms with van der Waals surface area (Å²) in [6, 6.07) is 0.532. The van der Waals surface area contributed by atoms with Gasteiger partial charge in [0.15, 0.2) is 0 Å². The van der Waals surface area contributed by atoms with Gasteiger partial charge in [0.05, 0.1) is 0 Å². The molecule has 3 heteroatoms. The van der Waals surface area contributed by atoms with Crippen molar-refractivity contribution in [2.75, 3.05) is 26.2 Å². The fourth-order valence-corrected chi connectivity index (χ4v) is 1.07. The van der Waals surface area contributed by atoms with Gasteiger partial charge in [-0.1, -0.05) is 0 Å². The van der Waals surface area contributed by atoms with E-state index >= 15 is 0 Å². The lowest BCUT2D eigenvalue weighted by Gasteiger charge is -2.25. The summed E-state index contributed by atoms with van der Waals surface area (Å²) >= 11 is 0. The SMILES string of the molecule is CC(C)N(CCN)CCCO. The summed E-state index contributed by atoms with van der Waals surface area (Å²) < 4.78 is 0. The number of nitrogens with two attached hydrogens (primary N) is 1. The topological polar surface area (TPSA) is 49.5 Å². The van der Waals surface area contributed by atoms with Gasteiger partial charge in [-0.15, -0.1) is 0 Å². The second-order valence-electron chi connectivity index (χ2n) is 3.00. The predicted molar refractivity (Wildman–Crippen MR) is 47.5 cm³/mol. The highest BCUT2D eigenvalue weighted by molar-refractivity contribution is 4.62. The first-order chi connectivity index (χ1) is 5.22. The molecule has 11 heavy (non-hydrogen) atoms. The molecule has 0 aliphatic carbocycles. The molecule has 0 saturated carbocycles. The number of nitrogens with zero attached hydrogens (tertiary/aromatic N) is 1. The molecule has 68 valence electrons. The molecule has 0 rings (SSSR count). The van der Waals surface area contributed by atoms with Crippen LogP contribution in [0.4, 0.5) is 0 Å². The number of aliphatic hydroxyl groups excluding tert-OH is 1. The Hall–Kier alpha value is -0.120. The van der Waals surface area contributed by atoms with Crippen molar-refractivity contribution in [1.29, 1.82) is 0 Å². The Kier molecular flexibility index (Phi) is 6.51. The van der Waals surface area contributed by atoms with Gasteiger partial charge in [0.1, 0.15) is 0 Å². The minimum atomic E-state index is 0.272. The molecule has 0 amide bonds. The lowest BCUT2D eigenvalue weighted by Crippen LogP contribution is -2.36. The van der Waals surface area contributed by atoms with E-state index in [4.69, 9.17) is 10.8 Å². The first kappa shape index (κ1) is 10.9. The molecule has 0 unspecified atom stereocenters. The Labute approximate surface area is 69.2 Å². The van der Waals surface area contributed by atoms with E-state index in [9.17, 15) is 0 Å². The Morgan fingerprint density at radius 1 is 1.36 bits per heavy atom. The van der Waals surface area contributed by atoms with Crippen LogP contribution >= 0.6 is 0 Å². The zero-order valence-electron chi connectivity index (χ0n) is 7.58. The monoisotopic (exact) mass is 160 g/mol. The maximum absolute atomic E-state index is 8.61. The summed E-state index contributed by atoms with van der Waals surface area (Å²) in [4.78, 5) is 2.27. The molecule has 3 N–H and O–H groups in total.